The molecule has 0 spiro atoms. The number of aromatic nitrogens is 4. The second-order valence-corrected chi connectivity index (χ2v) is 5.67. The van der Waals surface area contributed by atoms with Gasteiger partial charge in [0.1, 0.15) is 0 Å². The topological polar surface area (TPSA) is 55.4 Å². The molecule has 1 saturated heterocycles. The lowest BCUT2D eigenvalue weighted by Crippen LogP contribution is -2.27. The number of pyridine rings is 1. The monoisotopic (exact) mass is 295 g/mol. The summed E-state index contributed by atoms with van der Waals surface area (Å²) in [5.74, 6) is 0.838. The van der Waals surface area contributed by atoms with Gasteiger partial charge in [0.15, 0.2) is 11.5 Å². The summed E-state index contributed by atoms with van der Waals surface area (Å²) < 4.78 is 3.88. The molecule has 1 amide bonds. The molecular weight excluding hydrogens is 278 g/mol. The van der Waals surface area contributed by atoms with Gasteiger partial charge in [-0.25, -0.2) is 0 Å². The number of nitrogens with zero attached hydrogens (tertiary/aromatic N) is 5. The highest BCUT2D eigenvalue weighted by atomic mass is 16.2. The average Bonchev–Trinajstić information content (AvgIpc) is 3.26. The number of carbonyl (C=O) groups is 1. The quantitative estimate of drug-likeness (QED) is 0.726. The number of fused-ring (bicyclic) bond motifs is 1. The number of amides is 1. The van der Waals surface area contributed by atoms with Crippen molar-refractivity contribution in [3.63, 3.8) is 0 Å². The van der Waals surface area contributed by atoms with Crippen LogP contribution in [0, 0.1) is 0 Å². The third-order valence-electron chi connectivity index (χ3n) is 4.22. The fourth-order valence-corrected chi connectivity index (χ4v) is 2.99. The molecule has 1 fully saturated rings. The van der Waals surface area contributed by atoms with Crippen LogP contribution in [0.2, 0.25) is 0 Å². The molecule has 6 heteroatoms. The van der Waals surface area contributed by atoms with Gasteiger partial charge in [-0.3, -0.25) is 9.20 Å². The first-order chi connectivity index (χ1) is 10.7. The Labute approximate surface area is 128 Å². The number of aryl methyl sites for hydroxylation is 1. The Morgan fingerprint density at radius 2 is 1.95 bits per heavy atom. The zero-order valence-electron chi connectivity index (χ0n) is 12.4. The van der Waals surface area contributed by atoms with E-state index in [0.29, 0.717) is 5.56 Å². The molecule has 0 aliphatic carbocycles. The molecule has 0 saturated carbocycles. The standard InChI is InChI=1S/C16H17N5O/c1-19-8-4-5-13(19)15-18-17-14-7-6-12(11-21(14)15)16(22)20-9-2-3-10-20/h4-8,11H,2-3,9-10H2,1H3. The van der Waals surface area contributed by atoms with E-state index in [1.165, 1.54) is 0 Å². The van der Waals surface area contributed by atoms with Gasteiger partial charge in [0.2, 0.25) is 0 Å². The van der Waals surface area contributed by atoms with Crippen LogP contribution in [0.25, 0.3) is 17.2 Å². The summed E-state index contributed by atoms with van der Waals surface area (Å²) in [6, 6.07) is 7.64. The normalized spacial score (nSPS) is 14.9. The zero-order chi connectivity index (χ0) is 15.1. The molecule has 6 nitrogen and oxygen atoms in total. The summed E-state index contributed by atoms with van der Waals surface area (Å²) in [6.45, 7) is 1.70. The molecule has 0 atom stereocenters. The van der Waals surface area contributed by atoms with Gasteiger partial charge >= 0.3 is 0 Å². The molecule has 1 aliphatic rings. The van der Waals surface area contributed by atoms with E-state index in [9.17, 15) is 4.79 Å². The van der Waals surface area contributed by atoms with Crippen LogP contribution in [0.1, 0.15) is 23.2 Å². The van der Waals surface area contributed by atoms with Crippen LogP contribution < -0.4 is 0 Å². The van der Waals surface area contributed by atoms with E-state index in [-0.39, 0.29) is 5.91 Å². The fourth-order valence-electron chi connectivity index (χ4n) is 2.99. The first-order valence-electron chi connectivity index (χ1n) is 7.50. The number of hydrogen-bond acceptors (Lipinski definition) is 3. The summed E-state index contributed by atoms with van der Waals surface area (Å²) >= 11 is 0. The van der Waals surface area contributed by atoms with Crippen molar-refractivity contribution in [1.82, 2.24) is 24.1 Å². The van der Waals surface area contributed by atoms with Crippen LogP contribution in [0.15, 0.2) is 36.7 Å². The van der Waals surface area contributed by atoms with Crippen LogP contribution in [-0.2, 0) is 7.05 Å². The minimum Gasteiger partial charge on any atom is -0.348 e. The first-order valence-corrected chi connectivity index (χ1v) is 7.50. The van der Waals surface area contributed by atoms with Gasteiger partial charge in [0.05, 0.1) is 11.3 Å². The third kappa shape index (κ3) is 1.99. The largest absolute Gasteiger partial charge is 0.348 e. The van der Waals surface area contributed by atoms with Crippen molar-refractivity contribution in [2.75, 3.05) is 13.1 Å². The summed E-state index contributed by atoms with van der Waals surface area (Å²) in [7, 11) is 1.97. The van der Waals surface area contributed by atoms with Gasteiger partial charge in [0.25, 0.3) is 5.91 Å². The highest BCUT2D eigenvalue weighted by Crippen LogP contribution is 2.20. The Kier molecular flexibility index (Phi) is 2.96. The lowest BCUT2D eigenvalue weighted by atomic mass is 10.2. The molecule has 0 unspecified atom stereocenters. The Morgan fingerprint density at radius 3 is 2.68 bits per heavy atom. The van der Waals surface area contributed by atoms with E-state index in [1.807, 2.05) is 57.6 Å². The maximum atomic E-state index is 12.5. The Hall–Kier alpha value is -2.63. The molecule has 4 heterocycles. The second-order valence-electron chi connectivity index (χ2n) is 5.67. The summed E-state index contributed by atoms with van der Waals surface area (Å²) in [4.78, 5) is 14.5. The Balaban J connectivity index is 1.79. The summed E-state index contributed by atoms with van der Waals surface area (Å²) in [5.41, 5.74) is 2.40. The minimum absolute atomic E-state index is 0.0888. The first kappa shape index (κ1) is 13.1. The molecule has 0 bridgehead atoms. The predicted molar refractivity (Wildman–Crippen MR) is 82.5 cm³/mol. The Bertz CT molecular complexity index is 841. The number of likely N-dealkylation sites (tertiary alicyclic amines) is 1. The van der Waals surface area contributed by atoms with Crippen LogP contribution in [0.4, 0.5) is 0 Å². The SMILES string of the molecule is Cn1cccc1-c1nnc2ccc(C(=O)N3CCCC3)cn12. The van der Waals surface area contributed by atoms with Crippen molar-refractivity contribution in [1.29, 1.82) is 0 Å². The number of carbonyl (C=O) groups excluding carboxylic acids is 1. The smallest absolute Gasteiger partial charge is 0.255 e. The van der Waals surface area contributed by atoms with Crippen LogP contribution in [0.5, 0.6) is 0 Å². The summed E-state index contributed by atoms with van der Waals surface area (Å²) in [6.07, 6.45) is 6.00. The molecule has 0 radical (unpaired) electrons. The van der Waals surface area contributed by atoms with Crippen LogP contribution >= 0.6 is 0 Å². The van der Waals surface area contributed by atoms with Crippen LogP contribution in [-0.4, -0.2) is 43.1 Å². The zero-order valence-corrected chi connectivity index (χ0v) is 12.4. The van der Waals surface area contributed by atoms with E-state index in [2.05, 4.69) is 10.2 Å². The minimum atomic E-state index is 0.0888. The van der Waals surface area contributed by atoms with Crippen molar-refractivity contribution < 1.29 is 4.79 Å². The maximum absolute atomic E-state index is 12.5. The van der Waals surface area contributed by atoms with Crippen molar-refractivity contribution in [3.8, 4) is 11.5 Å². The molecule has 3 aromatic rings. The number of rotatable bonds is 2. The lowest BCUT2D eigenvalue weighted by molar-refractivity contribution is 0.0792. The molecule has 3 aromatic heterocycles. The molecule has 112 valence electrons. The molecule has 0 aromatic carbocycles. The van der Waals surface area contributed by atoms with E-state index in [0.717, 1.165) is 43.1 Å². The van der Waals surface area contributed by atoms with Gasteiger partial charge < -0.3 is 9.47 Å². The van der Waals surface area contributed by atoms with Crippen molar-refractivity contribution in [2.24, 2.45) is 7.05 Å². The fraction of sp³-hybridized carbons (Fsp3) is 0.312. The third-order valence-corrected chi connectivity index (χ3v) is 4.22. The van der Waals surface area contributed by atoms with E-state index < -0.39 is 0 Å². The van der Waals surface area contributed by atoms with E-state index in [4.69, 9.17) is 0 Å². The van der Waals surface area contributed by atoms with Crippen LogP contribution in [0.3, 0.4) is 0 Å². The lowest BCUT2D eigenvalue weighted by Gasteiger charge is -2.15. The maximum Gasteiger partial charge on any atom is 0.255 e. The molecule has 4 rings (SSSR count). The highest BCUT2D eigenvalue weighted by Gasteiger charge is 2.20. The van der Waals surface area contributed by atoms with Crippen molar-refractivity contribution >= 4 is 11.6 Å². The Morgan fingerprint density at radius 1 is 1.14 bits per heavy atom. The van der Waals surface area contributed by atoms with E-state index in [1.54, 1.807) is 0 Å². The molecular formula is C16H17N5O. The van der Waals surface area contributed by atoms with Gasteiger partial charge in [-0.2, -0.15) is 0 Å². The van der Waals surface area contributed by atoms with Gasteiger partial charge in [-0.05, 0) is 37.1 Å². The average molecular weight is 295 g/mol. The van der Waals surface area contributed by atoms with Crippen molar-refractivity contribution in [3.05, 3.63) is 42.2 Å². The van der Waals surface area contributed by atoms with Gasteiger partial charge in [-0.1, -0.05) is 0 Å². The predicted octanol–water partition coefficient (Wildman–Crippen LogP) is 1.97. The summed E-state index contributed by atoms with van der Waals surface area (Å²) in [5, 5.41) is 8.45. The van der Waals surface area contributed by atoms with E-state index >= 15 is 0 Å². The molecule has 0 N–H and O–H groups in total. The molecule has 1 aliphatic heterocycles. The van der Waals surface area contributed by atoms with Gasteiger partial charge in [0, 0.05) is 32.5 Å². The van der Waals surface area contributed by atoms with Gasteiger partial charge in [-0.15, -0.1) is 10.2 Å². The number of hydrogen-bond donors (Lipinski definition) is 0. The highest BCUT2D eigenvalue weighted by molar-refractivity contribution is 5.94. The van der Waals surface area contributed by atoms with Crippen molar-refractivity contribution in [2.45, 2.75) is 12.8 Å². The molecule has 22 heavy (non-hydrogen) atoms. The second kappa shape index (κ2) is 4.98.